The SMILES string of the molecule is CCCCCCCCCCC1=C(CCCCCCCC)C(CCCCCCCC)=C(C)C1. The molecule has 0 amide bonds. The van der Waals surface area contributed by atoms with E-state index in [1.165, 1.54) is 154 Å². The maximum atomic E-state index is 2.45. The quantitative estimate of drug-likeness (QED) is 0.137. The topological polar surface area (TPSA) is 0 Å². The Hall–Kier alpha value is -0.520. The molecule has 1 aliphatic rings. The summed E-state index contributed by atoms with van der Waals surface area (Å²) in [7, 11) is 0. The van der Waals surface area contributed by atoms with E-state index in [1.807, 2.05) is 16.7 Å². The first-order valence-corrected chi connectivity index (χ1v) is 15.1. The minimum atomic E-state index is 1.31. The Balaban J connectivity index is 2.47. The molecule has 0 aromatic rings. The van der Waals surface area contributed by atoms with E-state index >= 15 is 0 Å². The van der Waals surface area contributed by atoms with Crippen molar-refractivity contribution in [2.45, 2.75) is 182 Å². The van der Waals surface area contributed by atoms with Crippen molar-refractivity contribution in [1.29, 1.82) is 0 Å². The summed E-state index contributed by atoms with van der Waals surface area (Å²) in [5.41, 5.74) is 7.23. The molecular weight excluding hydrogens is 384 g/mol. The van der Waals surface area contributed by atoms with Crippen LogP contribution in [0.5, 0.6) is 0 Å². The summed E-state index contributed by atoms with van der Waals surface area (Å²) in [6.07, 6.45) is 34.0. The summed E-state index contributed by atoms with van der Waals surface area (Å²) in [6, 6.07) is 0. The third-order valence-electron chi connectivity index (χ3n) is 7.68. The number of allylic oxidation sites excluding steroid dienone is 4. The van der Waals surface area contributed by atoms with E-state index in [1.54, 1.807) is 5.57 Å². The van der Waals surface area contributed by atoms with Crippen molar-refractivity contribution >= 4 is 0 Å². The van der Waals surface area contributed by atoms with E-state index in [0.29, 0.717) is 0 Å². The smallest absolute Gasteiger partial charge is 0.00994 e. The van der Waals surface area contributed by atoms with E-state index in [4.69, 9.17) is 0 Å². The first-order valence-electron chi connectivity index (χ1n) is 15.1. The van der Waals surface area contributed by atoms with Gasteiger partial charge in [0.2, 0.25) is 0 Å². The Kier molecular flexibility index (Phi) is 19.4. The zero-order valence-corrected chi connectivity index (χ0v) is 23.0. The van der Waals surface area contributed by atoms with Crippen LogP contribution >= 0.6 is 0 Å². The third kappa shape index (κ3) is 13.9. The fourth-order valence-corrected chi connectivity index (χ4v) is 5.57. The Morgan fingerprint density at radius 1 is 0.406 bits per heavy atom. The molecule has 0 spiro atoms. The highest BCUT2D eigenvalue weighted by atomic mass is 14.3. The van der Waals surface area contributed by atoms with Gasteiger partial charge in [-0.25, -0.2) is 0 Å². The fourth-order valence-electron chi connectivity index (χ4n) is 5.57. The molecule has 0 aromatic heterocycles. The Bertz CT molecular complexity index is 492. The van der Waals surface area contributed by atoms with Crippen molar-refractivity contribution < 1.29 is 0 Å². The van der Waals surface area contributed by atoms with E-state index in [-0.39, 0.29) is 0 Å². The van der Waals surface area contributed by atoms with Gasteiger partial charge < -0.3 is 0 Å². The van der Waals surface area contributed by atoms with Crippen molar-refractivity contribution in [3.63, 3.8) is 0 Å². The molecule has 32 heavy (non-hydrogen) atoms. The molecule has 0 atom stereocenters. The van der Waals surface area contributed by atoms with E-state index in [0.717, 1.165) is 0 Å². The lowest BCUT2D eigenvalue weighted by atomic mass is 9.92. The molecule has 188 valence electrons. The highest BCUT2D eigenvalue weighted by Gasteiger charge is 2.21. The minimum Gasteiger partial charge on any atom is -0.0658 e. The lowest BCUT2D eigenvalue weighted by Crippen LogP contribution is -1.94. The van der Waals surface area contributed by atoms with Crippen LogP contribution in [-0.4, -0.2) is 0 Å². The summed E-state index contributed by atoms with van der Waals surface area (Å²) in [5.74, 6) is 0. The van der Waals surface area contributed by atoms with Crippen molar-refractivity contribution in [2.24, 2.45) is 0 Å². The summed E-state index contributed by atoms with van der Waals surface area (Å²) in [4.78, 5) is 0. The number of hydrogen-bond donors (Lipinski definition) is 0. The standard InChI is InChI=1S/C32H60/c1-5-8-11-14-17-18-19-22-25-30-28-29(4)31(26-23-20-15-12-9-6-2)32(30)27-24-21-16-13-10-7-3/h5-28H2,1-4H3. The molecule has 0 heteroatoms. The molecule has 0 unspecified atom stereocenters. The molecule has 0 N–H and O–H groups in total. The lowest BCUT2D eigenvalue weighted by molar-refractivity contribution is 0.572. The minimum absolute atomic E-state index is 1.31. The van der Waals surface area contributed by atoms with Crippen LogP contribution in [0, 0.1) is 0 Å². The van der Waals surface area contributed by atoms with Gasteiger partial charge in [-0.05, 0) is 63.0 Å². The monoisotopic (exact) mass is 444 g/mol. The Labute approximate surface area is 204 Å². The molecule has 0 saturated carbocycles. The van der Waals surface area contributed by atoms with Crippen molar-refractivity contribution in [1.82, 2.24) is 0 Å². The second kappa shape index (κ2) is 21.0. The first kappa shape index (κ1) is 29.5. The average Bonchev–Trinajstić information content (AvgIpc) is 3.09. The van der Waals surface area contributed by atoms with Crippen LogP contribution in [0.25, 0.3) is 0 Å². The first-order chi connectivity index (χ1) is 15.7. The molecule has 0 radical (unpaired) electrons. The van der Waals surface area contributed by atoms with Crippen LogP contribution in [0.15, 0.2) is 22.3 Å². The zero-order valence-electron chi connectivity index (χ0n) is 23.0. The van der Waals surface area contributed by atoms with E-state index in [2.05, 4.69) is 27.7 Å². The second-order valence-corrected chi connectivity index (χ2v) is 10.8. The molecule has 1 aliphatic carbocycles. The van der Waals surface area contributed by atoms with E-state index in [9.17, 15) is 0 Å². The highest BCUT2D eigenvalue weighted by Crippen LogP contribution is 2.40. The lowest BCUT2D eigenvalue weighted by Gasteiger charge is -2.13. The van der Waals surface area contributed by atoms with Crippen LogP contribution < -0.4 is 0 Å². The predicted molar refractivity (Wildman–Crippen MR) is 148 cm³/mol. The molecule has 0 aromatic carbocycles. The normalized spacial score (nSPS) is 14.2. The van der Waals surface area contributed by atoms with Gasteiger partial charge in [-0.15, -0.1) is 0 Å². The number of rotatable bonds is 23. The van der Waals surface area contributed by atoms with E-state index < -0.39 is 0 Å². The molecule has 0 nitrogen and oxygen atoms in total. The average molecular weight is 445 g/mol. The van der Waals surface area contributed by atoms with Gasteiger partial charge in [0.1, 0.15) is 0 Å². The molecule has 1 rings (SSSR count). The highest BCUT2D eigenvalue weighted by molar-refractivity contribution is 5.46. The van der Waals surface area contributed by atoms with Crippen LogP contribution in [0.4, 0.5) is 0 Å². The second-order valence-electron chi connectivity index (χ2n) is 10.8. The number of unbranched alkanes of at least 4 members (excludes halogenated alkanes) is 17. The molecule has 0 heterocycles. The fraction of sp³-hybridized carbons (Fsp3) is 0.875. The van der Waals surface area contributed by atoms with Gasteiger partial charge >= 0.3 is 0 Å². The summed E-state index contributed by atoms with van der Waals surface area (Å²) < 4.78 is 0. The Morgan fingerprint density at radius 3 is 1.19 bits per heavy atom. The molecule has 0 bridgehead atoms. The maximum absolute atomic E-state index is 2.45. The molecule has 0 saturated heterocycles. The van der Waals surface area contributed by atoms with Crippen LogP contribution in [0.3, 0.4) is 0 Å². The molecular formula is C32H60. The van der Waals surface area contributed by atoms with Gasteiger partial charge in [-0.1, -0.05) is 141 Å². The van der Waals surface area contributed by atoms with Crippen LogP contribution in [-0.2, 0) is 0 Å². The van der Waals surface area contributed by atoms with Gasteiger partial charge in [-0.2, -0.15) is 0 Å². The van der Waals surface area contributed by atoms with Gasteiger partial charge in [0.05, 0.1) is 0 Å². The third-order valence-corrected chi connectivity index (χ3v) is 7.68. The van der Waals surface area contributed by atoms with Crippen molar-refractivity contribution in [3.05, 3.63) is 22.3 Å². The largest absolute Gasteiger partial charge is 0.0658 e. The molecule has 0 aliphatic heterocycles. The van der Waals surface area contributed by atoms with Crippen LogP contribution in [0.2, 0.25) is 0 Å². The summed E-state index contributed by atoms with van der Waals surface area (Å²) in [5, 5.41) is 0. The summed E-state index contributed by atoms with van der Waals surface area (Å²) in [6.45, 7) is 9.41. The van der Waals surface area contributed by atoms with Gasteiger partial charge in [0.25, 0.3) is 0 Å². The van der Waals surface area contributed by atoms with Gasteiger partial charge in [-0.3, -0.25) is 0 Å². The van der Waals surface area contributed by atoms with Gasteiger partial charge in [0.15, 0.2) is 0 Å². The maximum Gasteiger partial charge on any atom is -0.00994 e. The van der Waals surface area contributed by atoms with Crippen molar-refractivity contribution in [3.8, 4) is 0 Å². The molecule has 0 fully saturated rings. The zero-order chi connectivity index (χ0) is 23.3. The Morgan fingerprint density at radius 2 is 0.750 bits per heavy atom. The predicted octanol–water partition coefficient (Wildman–Crippen LogP) is 12.0. The summed E-state index contributed by atoms with van der Waals surface area (Å²) >= 11 is 0. The number of hydrogen-bond acceptors (Lipinski definition) is 0. The van der Waals surface area contributed by atoms with Crippen LogP contribution in [0.1, 0.15) is 182 Å². The van der Waals surface area contributed by atoms with Gasteiger partial charge in [0, 0.05) is 0 Å². The van der Waals surface area contributed by atoms with Crippen molar-refractivity contribution in [2.75, 3.05) is 0 Å².